The van der Waals surface area contributed by atoms with Crippen LogP contribution in [-0.4, -0.2) is 26.8 Å². The van der Waals surface area contributed by atoms with E-state index in [0.29, 0.717) is 5.41 Å². The first-order valence-corrected chi connectivity index (χ1v) is 5.26. The van der Waals surface area contributed by atoms with Gasteiger partial charge >= 0.3 is 0 Å². The van der Waals surface area contributed by atoms with Crippen molar-refractivity contribution in [1.82, 2.24) is 5.32 Å². The van der Waals surface area contributed by atoms with Crippen LogP contribution in [0.15, 0.2) is 0 Å². The maximum atomic E-state index is 4.97. The van der Waals surface area contributed by atoms with Crippen LogP contribution in [-0.2, 0) is 4.74 Å². The molecule has 0 aliphatic rings. The van der Waals surface area contributed by atoms with Crippen LogP contribution in [0.25, 0.3) is 0 Å². The van der Waals surface area contributed by atoms with Crippen LogP contribution in [0.3, 0.4) is 0 Å². The average molecular weight is 187 g/mol. The fourth-order valence-corrected chi connectivity index (χ4v) is 1.08. The molecule has 1 N–H and O–H groups in total. The van der Waals surface area contributed by atoms with Crippen molar-refractivity contribution in [3.63, 3.8) is 0 Å². The zero-order chi connectivity index (χ0) is 10.2. The Bertz CT molecular complexity index is 107. The van der Waals surface area contributed by atoms with E-state index in [2.05, 4.69) is 26.1 Å². The lowest BCUT2D eigenvalue weighted by Gasteiger charge is -2.17. The molecule has 0 aromatic carbocycles. The van der Waals surface area contributed by atoms with Crippen molar-refractivity contribution in [1.29, 1.82) is 0 Å². The molecule has 0 spiro atoms. The summed E-state index contributed by atoms with van der Waals surface area (Å²) >= 11 is 0. The summed E-state index contributed by atoms with van der Waals surface area (Å²) in [6, 6.07) is 0. The summed E-state index contributed by atoms with van der Waals surface area (Å²) in [6.07, 6.45) is 3.63. The van der Waals surface area contributed by atoms with E-state index >= 15 is 0 Å². The van der Waals surface area contributed by atoms with Crippen LogP contribution in [0.4, 0.5) is 0 Å². The number of hydrogen-bond acceptors (Lipinski definition) is 2. The Morgan fingerprint density at radius 1 is 1.08 bits per heavy atom. The van der Waals surface area contributed by atoms with Crippen molar-refractivity contribution >= 4 is 0 Å². The number of rotatable bonds is 7. The van der Waals surface area contributed by atoms with Crippen LogP contribution in [0.2, 0.25) is 0 Å². The lowest BCUT2D eigenvalue weighted by Crippen LogP contribution is -2.21. The minimum absolute atomic E-state index is 0.458. The summed E-state index contributed by atoms with van der Waals surface area (Å²) in [5.74, 6) is 0. The Morgan fingerprint density at radius 2 is 1.77 bits per heavy atom. The molecule has 2 heteroatoms. The third-order valence-corrected chi connectivity index (χ3v) is 2.00. The van der Waals surface area contributed by atoms with Gasteiger partial charge in [-0.2, -0.15) is 0 Å². The van der Waals surface area contributed by atoms with Gasteiger partial charge < -0.3 is 10.1 Å². The van der Waals surface area contributed by atoms with Gasteiger partial charge in [0, 0.05) is 13.7 Å². The van der Waals surface area contributed by atoms with Crippen molar-refractivity contribution in [3.8, 4) is 0 Å². The molecule has 0 amide bonds. The molecule has 0 aliphatic heterocycles. The monoisotopic (exact) mass is 187 g/mol. The second-order valence-corrected chi connectivity index (χ2v) is 4.76. The van der Waals surface area contributed by atoms with Crippen molar-refractivity contribution in [2.45, 2.75) is 40.0 Å². The summed E-state index contributed by atoms with van der Waals surface area (Å²) < 4.78 is 4.97. The predicted molar refractivity (Wildman–Crippen MR) is 58.1 cm³/mol. The van der Waals surface area contributed by atoms with Gasteiger partial charge in [0.2, 0.25) is 0 Å². The highest BCUT2D eigenvalue weighted by molar-refractivity contribution is 4.62. The number of ether oxygens (including phenoxy) is 1. The SMILES string of the molecule is COCCCCNCCC(C)(C)C. The van der Waals surface area contributed by atoms with Gasteiger partial charge in [-0.05, 0) is 37.8 Å². The molecular formula is C11H25NO. The first-order valence-electron chi connectivity index (χ1n) is 5.26. The number of nitrogens with one attached hydrogen (secondary N) is 1. The molecule has 80 valence electrons. The minimum atomic E-state index is 0.458. The quantitative estimate of drug-likeness (QED) is 0.618. The van der Waals surface area contributed by atoms with Gasteiger partial charge in [-0.15, -0.1) is 0 Å². The molecule has 2 nitrogen and oxygen atoms in total. The first kappa shape index (κ1) is 12.9. The molecule has 0 heterocycles. The molecule has 0 saturated heterocycles. The largest absolute Gasteiger partial charge is 0.385 e. The average Bonchev–Trinajstić information content (AvgIpc) is 2.01. The van der Waals surface area contributed by atoms with Crippen LogP contribution in [0.1, 0.15) is 40.0 Å². The Kier molecular flexibility index (Phi) is 7.29. The lowest BCUT2D eigenvalue weighted by atomic mass is 9.92. The van der Waals surface area contributed by atoms with Crippen LogP contribution >= 0.6 is 0 Å². The van der Waals surface area contributed by atoms with E-state index in [4.69, 9.17) is 4.74 Å². The molecule has 13 heavy (non-hydrogen) atoms. The number of methoxy groups -OCH3 is 1. The summed E-state index contributed by atoms with van der Waals surface area (Å²) in [6.45, 7) is 9.98. The van der Waals surface area contributed by atoms with Crippen molar-refractivity contribution < 1.29 is 4.74 Å². The van der Waals surface area contributed by atoms with Crippen molar-refractivity contribution in [2.75, 3.05) is 26.8 Å². The Hall–Kier alpha value is -0.0800. The standard InChI is InChI=1S/C11H25NO/c1-11(2,3)7-9-12-8-5-6-10-13-4/h12H,5-10H2,1-4H3. The maximum absolute atomic E-state index is 4.97. The maximum Gasteiger partial charge on any atom is 0.0462 e. The smallest absolute Gasteiger partial charge is 0.0462 e. The highest BCUT2D eigenvalue weighted by atomic mass is 16.5. The summed E-state index contributed by atoms with van der Waals surface area (Å²) in [7, 11) is 1.76. The van der Waals surface area contributed by atoms with Gasteiger partial charge in [-0.25, -0.2) is 0 Å². The summed E-state index contributed by atoms with van der Waals surface area (Å²) in [5, 5.41) is 3.45. The molecule has 0 fully saturated rings. The molecule has 0 bridgehead atoms. The highest BCUT2D eigenvalue weighted by Crippen LogP contribution is 2.16. The molecule has 0 aromatic heterocycles. The van der Waals surface area contributed by atoms with Gasteiger partial charge in [-0.3, -0.25) is 0 Å². The summed E-state index contributed by atoms with van der Waals surface area (Å²) in [4.78, 5) is 0. The van der Waals surface area contributed by atoms with E-state index in [9.17, 15) is 0 Å². The van der Waals surface area contributed by atoms with Gasteiger partial charge in [0.05, 0.1) is 0 Å². The van der Waals surface area contributed by atoms with Crippen LogP contribution < -0.4 is 5.32 Å². The molecule has 0 atom stereocenters. The zero-order valence-corrected chi connectivity index (χ0v) is 9.65. The molecule has 0 unspecified atom stereocenters. The Labute approximate surface area is 83.1 Å². The Morgan fingerprint density at radius 3 is 2.31 bits per heavy atom. The molecule has 0 aromatic rings. The second-order valence-electron chi connectivity index (χ2n) is 4.76. The number of hydrogen-bond donors (Lipinski definition) is 1. The van der Waals surface area contributed by atoms with Gasteiger partial charge in [-0.1, -0.05) is 20.8 Å². The van der Waals surface area contributed by atoms with E-state index in [1.807, 2.05) is 0 Å². The molecular weight excluding hydrogens is 162 g/mol. The van der Waals surface area contributed by atoms with Gasteiger partial charge in [0.1, 0.15) is 0 Å². The van der Waals surface area contributed by atoms with E-state index in [1.165, 1.54) is 19.3 Å². The molecule has 0 rings (SSSR count). The van der Waals surface area contributed by atoms with E-state index in [0.717, 1.165) is 19.7 Å². The fraction of sp³-hybridized carbons (Fsp3) is 1.00. The first-order chi connectivity index (χ1) is 6.06. The third-order valence-electron chi connectivity index (χ3n) is 2.00. The minimum Gasteiger partial charge on any atom is -0.385 e. The van der Waals surface area contributed by atoms with Crippen LogP contribution in [0, 0.1) is 5.41 Å². The van der Waals surface area contributed by atoms with Crippen LogP contribution in [0.5, 0.6) is 0 Å². The predicted octanol–water partition coefficient (Wildman–Crippen LogP) is 2.44. The zero-order valence-electron chi connectivity index (χ0n) is 9.65. The Balaban J connectivity index is 3.00. The lowest BCUT2D eigenvalue weighted by molar-refractivity contribution is 0.192. The van der Waals surface area contributed by atoms with Gasteiger partial charge in [0.25, 0.3) is 0 Å². The van der Waals surface area contributed by atoms with Gasteiger partial charge in [0.15, 0.2) is 0 Å². The summed E-state index contributed by atoms with van der Waals surface area (Å²) in [5.41, 5.74) is 0.458. The normalized spacial score (nSPS) is 12.0. The molecule has 0 aliphatic carbocycles. The van der Waals surface area contributed by atoms with E-state index in [-0.39, 0.29) is 0 Å². The van der Waals surface area contributed by atoms with Crippen molar-refractivity contribution in [3.05, 3.63) is 0 Å². The van der Waals surface area contributed by atoms with Crippen molar-refractivity contribution in [2.24, 2.45) is 5.41 Å². The van der Waals surface area contributed by atoms with E-state index in [1.54, 1.807) is 7.11 Å². The molecule has 0 radical (unpaired) electrons. The fourth-order valence-electron chi connectivity index (χ4n) is 1.08. The second kappa shape index (κ2) is 7.34. The third kappa shape index (κ3) is 11.9. The van der Waals surface area contributed by atoms with E-state index < -0.39 is 0 Å². The molecule has 0 saturated carbocycles. The topological polar surface area (TPSA) is 21.3 Å². The number of unbranched alkanes of at least 4 members (excludes halogenated alkanes) is 1. The highest BCUT2D eigenvalue weighted by Gasteiger charge is 2.08.